The molecule has 1 aliphatic rings. The molecule has 0 aliphatic carbocycles. The van der Waals surface area contributed by atoms with Crippen molar-refractivity contribution in [1.82, 2.24) is 20.4 Å². The summed E-state index contributed by atoms with van der Waals surface area (Å²) in [5, 5.41) is 17.7. The molecule has 2 unspecified atom stereocenters. The van der Waals surface area contributed by atoms with Crippen LogP contribution in [0.3, 0.4) is 0 Å². The van der Waals surface area contributed by atoms with Gasteiger partial charge in [0.15, 0.2) is 0 Å². The number of nitrogens with one attached hydrogen (secondary N) is 1. The summed E-state index contributed by atoms with van der Waals surface area (Å²) in [5.41, 5.74) is 5.70. The number of aromatic nitrogens is 2. The number of amides is 2. The van der Waals surface area contributed by atoms with Gasteiger partial charge in [0.25, 0.3) is 0 Å². The van der Waals surface area contributed by atoms with E-state index in [1.807, 2.05) is 63.5 Å². The van der Waals surface area contributed by atoms with E-state index in [1.165, 1.54) is 4.90 Å². The number of rotatable bonds is 9. The number of thiazole rings is 1. The Balaban J connectivity index is 1.48. The minimum atomic E-state index is -0.759. The molecule has 9 heteroatoms. The van der Waals surface area contributed by atoms with Crippen LogP contribution in [0.2, 0.25) is 0 Å². The molecule has 0 bridgehead atoms. The number of aliphatic hydroxyl groups is 1. The number of carbonyl (C=O) groups excluding carboxylic acids is 2. The maximum atomic E-state index is 13.8. The second kappa shape index (κ2) is 11.8. The highest BCUT2D eigenvalue weighted by atomic mass is 32.1. The van der Waals surface area contributed by atoms with Crippen molar-refractivity contribution in [3.05, 3.63) is 58.6 Å². The zero-order chi connectivity index (χ0) is 27.6. The third-order valence-corrected chi connectivity index (χ3v) is 8.52. The summed E-state index contributed by atoms with van der Waals surface area (Å²) in [6, 6.07) is 8.91. The molecule has 38 heavy (non-hydrogen) atoms. The van der Waals surface area contributed by atoms with Gasteiger partial charge < -0.3 is 19.8 Å². The largest absolute Gasteiger partial charge is 0.391 e. The first-order chi connectivity index (χ1) is 18.1. The molecule has 1 aliphatic heterocycles. The van der Waals surface area contributed by atoms with Crippen molar-refractivity contribution in [2.24, 2.45) is 5.92 Å². The number of carbonyl (C=O) groups is 2. The van der Waals surface area contributed by atoms with Gasteiger partial charge in [0, 0.05) is 24.9 Å². The van der Waals surface area contributed by atoms with Crippen molar-refractivity contribution in [3.8, 4) is 10.4 Å². The fraction of sp³-hybridized carbons (Fsp3) is 0.517. The Hall–Kier alpha value is -3.04. The highest BCUT2D eigenvalue weighted by molar-refractivity contribution is 7.13. The van der Waals surface area contributed by atoms with E-state index in [0.29, 0.717) is 5.76 Å². The third kappa shape index (κ3) is 5.83. The molecule has 1 fully saturated rings. The summed E-state index contributed by atoms with van der Waals surface area (Å²) in [4.78, 5) is 34.1. The molecule has 1 saturated heterocycles. The van der Waals surface area contributed by atoms with Crippen LogP contribution in [-0.2, 0) is 9.59 Å². The molecule has 8 nitrogen and oxygen atoms in total. The molecule has 0 radical (unpaired) electrons. The van der Waals surface area contributed by atoms with Gasteiger partial charge in [-0.05, 0) is 37.3 Å². The Morgan fingerprint density at radius 1 is 1.21 bits per heavy atom. The molecule has 5 atom stereocenters. The first-order valence-electron chi connectivity index (χ1n) is 13.4. The second-order valence-corrected chi connectivity index (χ2v) is 11.6. The summed E-state index contributed by atoms with van der Waals surface area (Å²) >= 11 is 1.60. The zero-order valence-corrected chi connectivity index (χ0v) is 23.8. The lowest BCUT2D eigenvalue weighted by Crippen LogP contribution is -2.48. The second-order valence-electron chi connectivity index (χ2n) is 10.7. The quantitative estimate of drug-likeness (QED) is 0.388. The summed E-state index contributed by atoms with van der Waals surface area (Å²) in [7, 11) is 0. The number of likely N-dealkylation sites (tertiary alicyclic amines) is 1. The normalized spacial score (nSPS) is 19.9. The van der Waals surface area contributed by atoms with Gasteiger partial charge in [-0.15, -0.1) is 11.3 Å². The number of hydrogen-bond acceptors (Lipinski definition) is 7. The molecule has 2 aromatic heterocycles. The van der Waals surface area contributed by atoms with Gasteiger partial charge in [-0.3, -0.25) is 9.59 Å². The number of benzene rings is 1. The summed E-state index contributed by atoms with van der Waals surface area (Å²) in [6.45, 7) is 12.1. The van der Waals surface area contributed by atoms with E-state index in [2.05, 4.69) is 29.3 Å². The number of aryl methyl sites for hydroxylation is 1. The van der Waals surface area contributed by atoms with E-state index in [0.717, 1.165) is 33.8 Å². The van der Waals surface area contributed by atoms with E-state index < -0.39 is 18.1 Å². The van der Waals surface area contributed by atoms with Crippen molar-refractivity contribution >= 4 is 23.2 Å². The molecular weight excluding hydrogens is 500 g/mol. The molecular formula is C29H38N4O4S. The van der Waals surface area contributed by atoms with Gasteiger partial charge in [0.05, 0.1) is 33.9 Å². The highest BCUT2D eigenvalue weighted by Crippen LogP contribution is 2.33. The lowest BCUT2D eigenvalue weighted by molar-refractivity contribution is -0.141. The highest BCUT2D eigenvalue weighted by Gasteiger charge is 2.43. The lowest BCUT2D eigenvalue weighted by Gasteiger charge is -2.29. The molecule has 204 valence electrons. The van der Waals surface area contributed by atoms with Crippen LogP contribution in [0.4, 0.5) is 0 Å². The Kier molecular flexibility index (Phi) is 8.67. The van der Waals surface area contributed by atoms with Crippen LogP contribution >= 0.6 is 11.3 Å². The molecule has 2 amide bonds. The Morgan fingerprint density at radius 3 is 2.53 bits per heavy atom. The minimum Gasteiger partial charge on any atom is -0.391 e. The summed E-state index contributed by atoms with van der Waals surface area (Å²) in [6.07, 6.45) is 0.358. The van der Waals surface area contributed by atoms with E-state index in [-0.39, 0.29) is 42.7 Å². The smallest absolute Gasteiger partial charge is 0.243 e. The molecule has 4 rings (SSSR count). The van der Waals surface area contributed by atoms with Crippen LogP contribution < -0.4 is 5.32 Å². The minimum absolute atomic E-state index is 0.0682. The number of aliphatic hydroxyl groups excluding tert-OH is 1. The molecule has 3 heterocycles. The van der Waals surface area contributed by atoms with Crippen molar-refractivity contribution < 1.29 is 19.2 Å². The Morgan fingerprint density at radius 2 is 1.92 bits per heavy atom. The van der Waals surface area contributed by atoms with E-state index in [4.69, 9.17) is 4.52 Å². The Bertz CT molecular complexity index is 1250. The van der Waals surface area contributed by atoms with Crippen molar-refractivity contribution in [2.45, 2.75) is 84.4 Å². The van der Waals surface area contributed by atoms with Crippen LogP contribution in [0.15, 0.2) is 40.4 Å². The van der Waals surface area contributed by atoms with Crippen LogP contribution in [0.5, 0.6) is 0 Å². The maximum absolute atomic E-state index is 13.8. The topological polar surface area (TPSA) is 109 Å². The maximum Gasteiger partial charge on any atom is 0.243 e. The van der Waals surface area contributed by atoms with Crippen LogP contribution in [0.1, 0.15) is 88.0 Å². The van der Waals surface area contributed by atoms with Gasteiger partial charge >= 0.3 is 0 Å². The standard InChI is InChI=1S/C29H38N4O4S/c1-7-17(4)23-13-25(37-32-23)26(16(2)3)29(36)33-14-22(34)12-24(33)28(35)31-18(5)20-8-10-21(11-9-20)27-19(6)30-15-38-27/h8-11,13,15-18,22,24,26,34H,7,12,14H2,1-6H3,(H,31,35)/t17?,18-,22+,24-,26?/m0/s1. The molecule has 0 saturated carbocycles. The van der Waals surface area contributed by atoms with E-state index in [9.17, 15) is 14.7 Å². The lowest BCUT2D eigenvalue weighted by atomic mass is 9.90. The molecule has 3 aromatic rings. The predicted molar refractivity (Wildman–Crippen MR) is 148 cm³/mol. The Labute approximate surface area is 228 Å². The monoisotopic (exact) mass is 538 g/mol. The average molecular weight is 539 g/mol. The SMILES string of the molecule is CCC(C)c1cc(C(C(=O)N2C[C@H](O)C[C@H]2C(=O)N[C@@H](C)c2ccc(-c3scnc3C)cc2)C(C)C)on1. The number of nitrogens with zero attached hydrogens (tertiary/aromatic N) is 3. The zero-order valence-electron chi connectivity index (χ0n) is 23.0. The van der Waals surface area contributed by atoms with E-state index in [1.54, 1.807) is 11.3 Å². The van der Waals surface area contributed by atoms with Gasteiger partial charge in [-0.1, -0.05) is 57.1 Å². The van der Waals surface area contributed by atoms with Crippen molar-refractivity contribution in [3.63, 3.8) is 0 Å². The van der Waals surface area contributed by atoms with Crippen LogP contribution in [0, 0.1) is 12.8 Å². The predicted octanol–water partition coefficient (Wildman–Crippen LogP) is 5.20. The van der Waals surface area contributed by atoms with Gasteiger partial charge in [0.1, 0.15) is 17.7 Å². The van der Waals surface area contributed by atoms with Crippen LogP contribution in [-0.4, -0.2) is 50.7 Å². The fourth-order valence-electron chi connectivity index (χ4n) is 5.01. The summed E-state index contributed by atoms with van der Waals surface area (Å²) < 4.78 is 5.62. The number of hydrogen-bond donors (Lipinski definition) is 2. The fourth-order valence-corrected chi connectivity index (χ4v) is 5.82. The van der Waals surface area contributed by atoms with Crippen LogP contribution in [0.25, 0.3) is 10.4 Å². The first kappa shape index (κ1) is 28.0. The molecule has 1 aromatic carbocycles. The van der Waals surface area contributed by atoms with Gasteiger partial charge in [0.2, 0.25) is 11.8 Å². The molecule has 0 spiro atoms. The van der Waals surface area contributed by atoms with Gasteiger partial charge in [-0.25, -0.2) is 4.98 Å². The van der Waals surface area contributed by atoms with Crippen molar-refractivity contribution in [1.29, 1.82) is 0 Å². The number of β-amino-alcohol motifs (C(OH)–C–C–N with tert-alkyl or cyclic N) is 1. The first-order valence-corrected chi connectivity index (χ1v) is 14.2. The molecule has 2 N–H and O–H groups in total. The van der Waals surface area contributed by atoms with Gasteiger partial charge in [-0.2, -0.15) is 0 Å². The third-order valence-electron chi connectivity index (χ3n) is 7.55. The average Bonchev–Trinajstić information content (AvgIpc) is 3.63. The van der Waals surface area contributed by atoms with Crippen molar-refractivity contribution in [2.75, 3.05) is 6.54 Å². The van der Waals surface area contributed by atoms with E-state index >= 15 is 0 Å². The summed E-state index contributed by atoms with van der Waals surface area (Å²) in [5.74, 6) is -0.414.